The fourth-order valence-electron chi connectivity index (χ4n) is 1.86. The SMILES string of the molecule is CC(CCN(C)C)NC(C)c1ccnn1C. The van der Waals surface area contributed by atoms with E-state index in [1.165, 1.54) is 5.69 Å². The molecule has 16 heavy (non-hydrogen) atoms. The van der Waals surface area contributed by atoms with Crippen LogP contribution in [-0.4, -0.2) is 41.4 Å². The monoisotopic (exact) mass is 224 g/mol. The first-order valence-corrected chi connectivity index (χ1v) is 5.89. The minimum absolute atomic E-state index is 0.352. The first kappa shape index (κ1) is 13.2. The molecule has 0 aromatic carbocycles. The van der Waals surface area contributed by atoms with Gasteiger partial charge in [-0.2, -0.15) is 5.10 Å². The fourth-order valence-corrected chi connectivity index (χ4v) is 1.86. The zero-order valence-electron chi connectivity index (χ0n) is 11.1. The van der Waals surface area contributed by atoms with Crippen LogP contribution in [0.3, 0.4) is 0 Å². The van der Waals surface area contributed by atoms with Crippen molar-refractivity contribution in [3.63, 3.8) is 0 Å². The van der Waals surface area contributed by atoms with Gasteiger partial charge in [-0.25, -0.2) is 0 Å². The highest BCUT2D eigenvalue weighted by atomic mass is 15.3. The summed E-state index contributed by atoms with van der Waals surface area (Å²) in [5, 5.41) is 7.78. The molecule has 92 valence electrons. The minimum atomic E-state index is 0.352. The Bertz CT molecular complexity index is 306. The van der Waals surface area contributed by atoms with Gasteiger partial charge in [-0.05, 0) is 47.0 Å². The molecular formula is C12H24N4. The van der Waals surface area contributed by atoms with E-state index in [4.69, 9.17) is 0 Å². The van der Waals surface area contributed by atoms with Gasteiger partial charge in [0.25, 0.3) is 0 Å². The third-order valence-corrected chi connectivity index (χ3v) is 2.85. The Kier molecular flexibility index (Phi) is 4.96. The molecule has 4 nitrogen and oxygen atoms in total. The van der Waals surface area contributed by atoms with E-state index in [1.54, 1.807) is 0 Å². The molecule has 0 fully saturated rings. The number of nitrogens with one attached hydrogen (secondary N) is 1. The lowest BCUT2D eigenvalue weighted by atomic mass is 10.1. The summed E-state index contributed by atoms with van der Waals surface area (Å²) >= 11 is 0. The molecule has 0 amide bonds. The van der Waals surface area contributed by atoms with Gasteiger partial charge in [0.05, 0.1) is 5.69 Å². The van der Waals surface area contributed by atoms with Crippen molar-refractivity contribution in [1.82, 2.24) is 20.0 Å². The van der Waals surface area contributed by atoms with Crippen molar-refractivity contribution >= 4 is 0 Å². The van der Waals surface area contributed by atoms with Gasteiger partial charge in [0.15, 0.2) is 0 Å². The molecule has 0 aliphatic carbocycles. The summed E-state index contributed by atoms with van der Waals surface area (Å²) in [6.45, 7) is 5.53. The average molecular weight is 224 g/mol. The second-order valence-corrected chi connectivity index (χ2v) is 4.76. The quantitative estimate of drug-likeness (QED) is 0.793. The van der Waals surface area contributed by atoms with Crippen LogP contribution in [0.5, 0.6) is 0 Å². The molecule has 1 heterocycles. The van der Waals surface area contributed by atoms with Crippen LogP contribution in [0.2, 0.25) is 0 Å². The van der Waals surface area contributed by atoms with Crippen molar-refractivity contribution in [3.05, 3.63) is 18.0 Å². The second-order valence-electron chi connectivity index (χ2n) is 4.76. The Labute approximate surface area is 98.6 Å². The van der Waals surface area contributed by atoms with E-state index in [1.807, 2.05) is 17.9 Å². The smallest absolute Gasteiger partial charge is 0.0547 e. The number of nitrogens with zero attached hydrogens (tertiary/aromatic N) is 3. The van der Waals surface area contributed by atoms with Crippen molar-refractivity contribution in [2.24, 2.45) is 7.05 Å². The molecule has 1 aromatic rings. The molecule has 1 aromatic heterocycles. The van der Waals surface area contributed by atoms with Gasteiger partial charge < -0.3 is 10.2 Å². The Morgan fingerprint density at radius 2 is 2.12 bits per heavy atom. The Hall–Kier alpha value is -0.870. The third kappa shape index (κ3) is 3.94. The van der Waals surface area contributed by atoms with Crippen molar-refractivity contribution < 1.29 is 0 Å². The summed E-state index contributed by atoms with van der Waals surface area (Å²) < 4.78 is 1.93. The van der Waals surface area contributed by atoms with E-state index in [0.717, 1.165) is 13.0 Å². The van der Waals surface area contributed by atoms with Crippen LogP contribution in [0.4, 0.5) is 0 Å². The summed E-state index contributed by atoms with van der Waals surface area (Å²) in [7, 11) is 6.20. The minimum Gasteiger partial charge on any atom is -0.309 e. The molecule has 0 saturated heterocycles. The van der Waals surface area contributed by atoms with Crippen LogP contribution in [0.25, 0.3) is 0 Å². The topological polar surface area (TPSA) is 33.1 Å². The van der Waals surface area contributed by atoms with Gasteiger partial charge in [-0.3, -0.25) is 4.68 Å². The molecule has 0 radical (unpaired) electrons. The van der Waals surface area contributed by atoms with E-state index >= 15 is 0 Å². The normalized spacial score (nSPS) is 15.4. The second kappa shape index (κ2) is 6.01. The summed E-state index contributed by atoms with van der Waals surface area (Å²) in [5.74, 6) is 0. The number of aromatic nitrogens is 2. The van der Waals surface area contributed by atoms with Gasteiger partial charge in [-0.1, -0.05) is 0 Å². The van der Waals surface area contributed by atoms with Crippen LogP contribution in [-0.2, 0) is 7.05 Å². The highest BCUT2D eigenvalue weighted by molar-refractivity contribution is 5.05. The van der Waals surface area contributed by atoms with Crippen LogP contribution in [0, 0.1) is 0 Å². The summed E-state index contributed by atoms with van der Waals surface area (Å²) in [4.78, 5) is 2.22. The first-order chi connectivity index (χ1) is 7.50. The zero-order valence-corrected chi connectivity index (χ0v) is 11.1. The van der Waals surface area contributed by atoms with Gasteiger partial charge in [-0.15, -0.1) is 0 Å². The highest BCUT2D eigenvalue weighted by Gasteiger charge is 2.12. The molecule has 0 saturated carbocycles. The first-order valence-electron chi connectivity index (χ1n) is 5.89. The summed E-state index contributed by atoms with van der Waals surface area (Å²) in [5.41, 5.74) is 1.23. The van der Waals surface area contributed by atoms with Crippen LogP contribution in [0.15, 0.2) is 12.3 Å². The fraction of sp³-hybridized carbons (Fsp3) is 0.750. The summed E-state index contributed by atoms with van der Waals surface area (Å²) in [6.07, 6.45) is 3.01. The van der Waals surface area contributed by atoms with Crippen molar-refractivity contribution in [2.75, 3.05) is 20.6 Å². The van der Waals surface area contributed by atoms with Crippen LogP contribution < -0.4 is 5.32 Å². The van der Waals surface area contributed by atoms with Crippen LogP contribution >= 0.6 is 0 Å². The number of aryl methyl sites for hydroxylation is 1. The molecule has 0 bridgehead atoms. The maximum absolute atomic E-state index is 4.19. The lowest BCUT2D eigenvalue weighted by molar-refractivity contribution is 0.351. The molecule has 1 N–H and O–H groups in total. The molecular weight excluding hydrogens is 200 g/mol. The lowest BCUT2D eigenvalue weighted by Crippen LogP contribution is -2.32. The van der Waals surface area contributed by atoms with Crippen molar-refractivity contribution in [3.8, 4) is 0 Å². The lowest BCUT2D eigenvalue weighted by Gasteiger charge is -2.21. The zero-order chi connectivity index (χ0) is 12.1. The van der Waals surface area contributed by atoms with Gasteiger partial charge >= 0.3 is 0 Å². The predicted molar refractivity (Wildman–Crippen MR) is 67.4 cm³/mol. The van der Waals surface area contributed by atoms with Gasteiger partial charge in [0, 0.05) is 25.3 Å². The van der Waals surface area contributed by atoms with Gasteiger partial charge in [0.1, 0.15) is 0 Å². The average Bonchev–Trinajstić information content (AvgIpc) is 2.61. The van der Waals surface area contributed by atoms with E-state index in [2.05, 4.69) is 49.3 Å². The van der Waals surface area contributed by atoms with E-state index in [0.29, 0.717) is 12.1 Å². The molecule has 4 heteroatoms. The van der Waals surface area contributed by atoms with E-state index in [9.17, 15) is 0 Å². The maximum atomic E-state index is 4.19. The third-order valence-electron chi connectivity index (χ3n) is 2.85. The Morgan fingerprint density at radius 1 is 1.44 bits per heavy atom. The Balaban J connectivity index is 2.39. The number of hydrogen-bond acceptors (Lipinski definition) is 3. The highest BCUT2D eigenvalue weighted by Crippen LogP contribution is 2.11. The molecule has 1 rings (SSSR count). The molecule has 2 unspecified atom stereocenters. The molecule has 0 aliphatic heterocycles. The maximum Gasteiger partial charge on any atom is 0.0547 e. The van der Waals surface area contributed by atoms with Gasteiger partial charge in [0.2, 0.25) is 0 Å². The number of hydrogen-bond donors (Lipinski definition) is 1. The standard InChI is InChI=1S/C12H24N4/c1-10(7-9-15(3)4)14-11(2)12-6-8-13-16(12)5/h6,8,10-11,14H,7,9H2,1-5H3. The molecule has 2 atom stereocenters. The number of rotatable bonds is 6. The molecule has 0 spiro atoms. The van der Waals surface area contributed by atoms with Crippen molar-refractivity contribution in [1.29, 1.82) is 0 Å². The summed E-state index contributed by atoms with van der Waals surface area (Å²) in [6, 6.07) is 2.94. The largest absolute Gasteiger partial charge is 0.309 e. The van der Waals surface area contributed by atoms with Crippen molar-refractivity contribution in [2.45, 2.75) is 32.4 Å². The van der Waals surface area contributed by atoms with Crippen LogP contribution in [0.1, 0.15) is 32.0 Å². The Morgan fingerprint density at radius 3 is 2.62 bits per heavy atom. The predicted octanol–water partition coefficient (Wildman–Crippen LogP) is 1.41. The van der Waals surface area contributed by atoms with E-state index in [-0.39, 0.29) is 0 Å². The molecule has 0 aliphatic rings. The van der Waals surface area contributed by atoms with E-state index < -0.39 is 0 Å².